The predicted molar refractivity (Wildman–Crippen MR) is 86.6 cm³/mol. The lowest BCUT2D eigenvalue weighted by Crippen LogP contribution is -2.34. The largest absolute Gasteiger partial charge is 0.493 e. The maximum Gasteiger partial charge on any atom is 0.329 e. The zero-order valence-electron chi connectivity index (χ0n) is 13.7. The van der Waals surface area contributed by atoms with E-state index in [2.05, 4.69) is 0 Å². The highest BCUT2D eigenvalue weighted by molar-refractivity contribution is 6.25. The molecule has 1 aromatic carbocycles. The maximum absolute atomic E-state index is 12.1. The average Bonchev–Trinajstić information content (AvgIpc) is 2.52. The molecule has 0 aliphatic carbocycles. The van der Waals surface area contributed by atoms with Crippen molar-refractivity contribution >= 4 is 23.6 Å². The molecule has 2 rings (SSSR count). The maximum atomic E-state index is 12.1. The first-order chi connectivity index (χ1) is 11.5. The fraction of sp³-hybridized carbons (Fsp3) is 0.278. The van der Waals surface area contributed by atoms with Crippen LogP contribution in [0.25, 0.3) is 6.08 Å². The monoisotopic (exact) mass is 330 g/mol. The first kappa shape index (κ1) is 17.5. The average molecular weight is 330 g/mol. The molecule has 0 spiro atoms. The van der Waals surface area contributed by atoms with E-state index in [-0.39, 0.29) is 5.76 Å². The Morgan fingerprint density at radius 1 is 1.29 bits per heavy atom. The van der Waals surface area contributed by atoms with Gasteiger partial charge in [-0.25, -0.2) is 0 Å². The number of ether oxygens (including phenoxy) is 3. The van der Waals surface area contributed by atoms with Crippen molar-refractivity contribution in [1.29, 1.82) is 0 Å². The molecule has 6 nitrogen and oxygen atoms in total. The summed E-state index contributed by atoms with van der Waals surface area (Å²) in [5, 5.41) is 0. The number of esters is 1. The highest BCUT2D eigenvalue weighted by Crippen LogP contribution is 2.28. The first-order valence-electron chi connectivity index (χ1n) is 7.42. The van der Waals surface area contributed by atoms with Gasteiger partial charge in [-0.1, -0.05) is 12.1 Å². The highest BCUT2D eigenvalue weighted by atomic mass is 16.5. The zero-order chi connectivity index (χ0) is 17.7. The number of cyclic esters (lactones) is 1. The molecule has 0 bridgehead atoms. The molecular weight excluding hydrogens is 312 g/mol. The summed E-state index contributed by atoms with van der Waals surface area (Å²) in [6, 6.07) is 5.15. The van der Waals surface area contributed by atoms with Gasteiger partial charge in [0, 0.05) is 6.08 Å². The van der Waals surface area contributed by atoms with E-state index in [0.717, 1.165) is 6.08 Å². The second-order valence-corrected chi connectivity index (χ2v) is 5.09. The third kappa shape index (κ3) is 3.90. The van der Waals surface area contributed by atoms with E-state index in [1.807, 2.05) is 6.92 Å². The van der Waals surface area contributed by atoms with Crippen LogP contribution in [-0.2, 0) is 19.1 Å². The minimum Gasteiger partial charge on any atom is -0.493 e. The molecule has 1 unspecified atom stereocenters. The Bertz CT molecular complexity index is 729. The molecule has 0 saturated heterocycles. The quantitative estimate of drug-likeness (QED) is 0.452. The molecule has 6 heteroatoms. The highest BCUT2D eigenvalue weighted by Gasteiger charge is 2.36. The van der Waals surface area contributed by atoms with Crippen molar-refractivity contribution in [2.75, 3.05) is 13.7 Å². The van der Waals surface area contributed by atoms with E-state index >= 15 is 0 Å². The van der Waals surface area contributed by atoms with Crippen molar-refractivity contribution < 1.29 is 28.6 Å². The lowest BCUT2D eigenvalue weighted by molar-refractivity contribution is -0.151. The molecule has 0 radical (unpaired) electrons. The molecule has 24 heavy (non-hydrogen) atoms. The fourth-order valence-electron chi connectivity index (χ4n) is 2.24. The van der Waals surface area contributed by atoms with Gasteiger partial charge in [0.05, 0.1) is 13.7 Å². The topological polar surface area (TPSA) is 78.9 Å². The van der Waals surface area contributed by atoms with Crippen LogP contribution in [0.2, 0.25) is 0 Å². The van der Waals surface area contributed by atoms with Crippen LogP contribution in [-0.4, -0.2) is 31.3 Å². The number of carbonyl (C=O) groups excluding carboxylic acids is 3. The predicted octanol–water partition coefficient (Wildman–Crippen LogP) is 2.32. The molecule has 0 amide bonds. The van der Waals surface area contributed by atoms with Crippen LogP contribution in [0.5, 0.6) is 11.5 Å². The molecule has 1 heterocycles. The van der Waals surface area contributed by atoms with Crippen molar-refractivity contribution in [3.63, 3.8) is 0 Å². The summed E-state index contributed by atoms with van der Waals surface area (Å²) in [5.41, 5.74) is 0.677. The number of benzene rings is 1. The number of ketones is 2. The van der Waals surface area contributed by atoms with Gasteiger partial charge in [0.1, 0.15) is 5.76 Å². The third-order valence-electron chi connectivity index (χ3n) is 3.34. The molecule has 0 fully saturated rings. The van der Waals surface area contributed by atoms with E-state index in [0.29, 0.717) is 23.7 Å². The third-order valence-corrected chi connectivity index (χ3v) is 3.34. The van der Waals surface area contributed by atoms with Gasteiger partial charge in [-0.05, 0) is 37.6 Å². The van der Waals surface area contributed by atoms with Gasteiger partial charge in [0.15, 0.2) is 29.0 Å². The van der Waals surface area contributed by atoms with Gasteiger partial charge in [-0.2, -0.15) is 0 Å². The number of methoxy groups -OCH3 is 1. The van der Waals surface area contributed by atoms with Crippen LogP contribution in [0.15, 0.2) is 36.1 Å². The minimum atomic E-state index is -1.44. The molecule has 0 aromatic heterocycles. The van der Waals surface area contributed by atoms with E-state index in [1.165, 1.54) is 26.2 Å². The van der Waals surface area contributed by atoms with Gasteiger partial charge in [-0.3, -0.25) is 14.4 Å². The number of carbonyl (C=O) groups is 3. The molecule has 1 aliphatic heterocycles. The Balaban J connectivity index is 2.18. The van der Waals surface area contributed by atoms with Crippen LogP contribution >= 0.6 is 0 Å². The molecule has 0 N–H and O–H groups in total. The van der Waals surface area contributed by atoms with Crippen molar-refractivity contribution in [2.45, 2.75) is 13.8 Å². The SMILES string of the molecule is CCOc1cc(/C=C/C(=O)C2C(=O)C=C(C)OC2=O)ccc1OC. The van der Waals surface area contributed by atoms with Crippen LogP contribution < -0.4 is 9.47 Å². The van der Waals surface area contributed by atoms with E-state index in [1.54, 1.807) is 18.2 Å². The Kier molecular flexibility index (Phi) is 5.52. The van der Waals surface area contributed by atoms with Crippen molar-refractivity contribution in [3.05, 3.63) is 41.7 Å². The Morgan fingerprint density at radius 2 is 2.04 bits per heavy atom. The van der Waals surface area contributed by atoms with E-state index < -0.39 is 23.5 Å². The van der Waals surface area contributed by atoms with Gasteiger partial charge in [0.25, 0.3) is 0 Å². The standard InChI is InChI=1S/C18H18O6/c1-4-23-16-10-12(6-8-15(16)22-3)5-7-13(19)17-14(20)9-11(2)24-18(17)21/h5-10,17H,4H2,1-3H3/b7-5+. The van der Waals surface area contributed by atoms with E-state index in [9.17, 15) is 14.4 Å². The summed E-state index contributed by atoms with van der Waals surface area (Å²) in [6.07, 6.45) is 3.85. The zero-order valence-corrected chi connectivity index (χ0v) is 13.7. The first-order valence-corrected chi connectivity index (χ1v) is 7.42. The lowest BCUT2D eigenvalue weighted by atomic mass is 9.96. The number of hydrogen-bond acceptors (Lipinski definition) is 6. The van der Waals surface area contributed by atoms with Crippen LogP contribution in [0, 0.1) is 5.92 Å². The van der Waals surface area contributed by atoms with Gasteiger partial charge < -0.3 is 14.2 Å². The van der Waals surface area contributed by atoms with Crippen molar-refractivity contribution in [1.82, 2.24) is 0 Å². The molecule has 126 valence electrons. The smallest absolute Gasteiger partial charge is 0.329 e. The second kappa shape index (κ2) is 7.59. The van der Waals surface area contributed by atoms with Crippen molar-refractivity contribution in [2.24, 2.45) is 5.92 Å². The number of allylic oxidation sites excluding steroid dienone is 3. The summed E-state index contributed by atoms with van der Waals surface area (Å²) in [6.45, 7) is 3.80. The molecule has 1 aliphatic rings. The van der Waals surface area contributed by atoms with Crippen LogP contribution in [0.4, 0.5) is 0 Å². The molecule has 1 atom stereocenters. The lowest BCUT2D eigenvalue weighted by Gasteiger charge is -2.15. The Hall–Kier alpha value is -2.89. The summed E-state index contributed by atoms with van der Waals surface area (Å²) >= 11 is 0. The summed E-state index contributed by atoms with van der Waals surface area (Å²) in [7, 11) is 1.53. The molecule has 1 aromatic rings. The normalized spacial score (nSPS) is 17.5. The van der Waals surface area contributed by atoms with Crippen molar-refractivity contribution in [3.8, 4) is 11.5 Å². The van der Waals surface area contributed by atoms with Crippen LogP contribution in [0.1, 0.15) is 19.4 Å². The minimum absolute atomic E-state index is 0.189. The van der Waals surface area contributed by atoms with Gasteiger partial charge in [0.2, 0.25) is 0 Å². The summed E-state index contributed by atoms with van der Waals surface area (Å²) in [5.74, 6) is -2.16. The summed E-state index contributed by atoms with van der Waals surface area (Å²) < 4.78 is 15.5. The van der Waals surface area contributed by atoms with Gasteiger partial charge in [-0.15, -0.1) is 0 Å². The molecular formula is C18H18O6. The number of rotatable bonds is 6. The Morgan fingerprint density at radius 3 is 2.67 bits per heavy atom. The Labute approximate surface area is 139 Å². The molecule has 0 saturated carbocycles. The van der Waals surface area contributed by atoms with Crippen LogP contribution in [0.3, 0.4) is 0 Å². The second-order valence-electron chi connectivity index (χ2n) is 5.09. The number of hydrogen-bond donors (Lipinski definition) is 0. The van der Waals surface area contributed by atoms with E-state index in [4.69, 9.17) is 14.2 Å². The van der Waals surface area contributed by atoms with Gasteiger partial charge >= 0.3 is 5.97 Å². The fourth-order valence-corrected chi connectivity index (χ4v) is 2.24. The summed E-state index contributed by atoms with van der Waals surface area (Å²) in [4.78, 5) is 35.7.